The Labute approximate surface area is 123 Å². The first kappa shape index (κ1) is 14.2. The van der Waals surface area contributed by atoms with E-state index in [4.69, 9.17) is 0 Å². The number of hydrogen-bond donors (Lipinski definition) is 1. The van der Waals surface area contributed by atoms with E-state index in [1.807, 2.05) is 0 Å². The van der Waals surface area contributed by atoms with E-state index in [1.54, 1.807) is 0 Å². The second kappa shape index (κ2) is 5.22. The predicted octanol–water partition coefficient (Wildman–Crippen LogP) is 4.32. The van der Waals surface area contributed by atoms with Crippen molar-refractivity contribution in [3.63, 3.8) is 0 Å². The van der Waals surface area contributed by atoms with Crippen molar-refractivity contribution in [1.29, 1.82) is 0 Å². The number of hydrogen-bond acceptors (Lipinski definition) is 1. The molecule has 1 saturated carbocycles. The molecule has 1 N–H and O–H groups in total. The maximum Gasteiger partial charge on any atom is 0.0812 e. The van der Waals surface area contributed by atoms with Gasteiger partial charge in [-0.2, -0.15) is 0 Å². The Hall–Kier alpha value is -0.760. The zero-order valence-electron chi connectivity index (χ0n) is 13.2. The molecule has 2 aliphatic carbocycles. The van der Waals surface area contributed by atoms with Crippen LogP contribution in [0.1, 0.15) is 70.2 Å². The van der Waals surface area contributed by atoms with Crippen LogP contribution in [-0.2, 0) is 13.0 Å². The molecule has 112 valence electrons. The van der Waals surface area contributed by atoms with E-state index in [1.165, 1.54) is 36.9 Å². The fourth-order valence-electron chi connectivity index (χ4n) is 4.28. The van der Waals surface area contributed by atoms with Crippen LogP contribution in [0.2, 0.25) is 0 Å². The Bertz CT molecular complexity index is 474. The third kappa shape index (κ3) is 2.67. The van der Waals surface area contributed by atoms with E-state index in [2.05, 4.69) is 37.6 Å². The van der Waals surface area contributed by atoms with Gasteiger partial charge in [-0.1, -0.05) is 40.0 Å². The Kier molecular flexibility index (Phi) is 3.70. The van der Waals surface area contributed by atoms with Gasteiger partial charge in [-0.05, 0) is 42.6 Å². The number of aromatic nitrogens is 1. The molecule has 0 aliphatic heterocycles. The van der Waals surface area contributed by atoms with Gasteiger partial charge in [0.1, 0.15) is 0 Å². The third-order valence-electron chi connectivity index (χ3n) is 5.59. The minimum absolute atomic E-state index is 0.223. The van der Waals surface area contributed by atoms with Crippen LogP contribution in [0.5, 0.6) is 0 Å². The lowest BCUT2D eigenvalue weighted by Gasteiger charge is -2.35. The van der Waals surface area contributed by atoms with Gasteiger partial charge in [-0.25, -0.2) is 0 Å². The summed E-state index contributed by atoms with van der Waals surface area (Å²) in [6, 6.07) is 2.16. The lowest BCUT2D eigenvalue weighted by atomic mass is 9.75. The molecule has 2 nitrogen and oxygen atoms in total. The van der Waals surface area contributed by atoms with Gasteiger partial charge in [0.2, 0.25) is 0 Å². The first-order chi connectivity index (χ1) is 9.46. The quantitative estimate of drug-likeness (QED) is 0.854. The first-order valence-corrected chi connectivity index (χ1v) is 8.32. The minimum atomic E-state index is -0.265. The van der Waals surface area contributed by atoms with Gasteiger partial charge in [0.15, 0.2) is 0 Å². The Balaban J connectivity index is 1.82. The smallest absolute Gasteiger partial charge is 0.0812 e. The molecule has 0 saturated heterocycles. The second-order valence-corrected chi connectivity index (χ2v) is 7.95. The highest BCUT2D eigenvalue weighted by Crippen LogP contribution is 2.42. The molecule has 3 unspecified atom stereocenters. The van der Waals surface area contributed by atoms with E-state index >= 15 is 0 Å². The Morgan fingerprint density at radius 1 is 1.30 bits per heavy atom. The van der Waals surface area contributed by atoms with Crippen molar-refractivity contribution in [3.05, 3.63) is 23.5 Å². The number of aliphatic hydroxyl groups is 1. The maximum atomic E-state index is 10.4. The SMILES string of the molecule is CC1CCCCC1Cn1ccc2c1CC(C)(C)CC2O. The van der Waals surface area contributed by atoms with Crippen LogP contribution in [0.15, 0.2) is 12.3 Å². The second-order valence-electron chi connectivity index (χ2n) is 7.95. The normalized spacial score (nSPS) is 32.9. The molecule has 0 aromatic carbocycles. The summed E-state index contributed by atoms with van der Waals surface area (Å²) in [4.78, 5) is 0. The van der Waals surface area contributed by atoms with Gasteiger partial charge >= 0.3 is 0 Å². The van der Waals surface area contributed by atoms with Crippen LogP contribution in [0, 0.1) is 17.3 Å². The van der Waals surface area contributed by atoms with Crippen molar-refractivity contribution < 1.29 is 5.11 Å². The number of rotatable bonds is 2. The number of aliphatic hydroxyl groups excluding tert-OH is 1. The highest BCUT2D eigenvalue weighted by Gasteiger charge is 2.33. The van der Waals surface area contributed by atoms with Gasteiger partial charge < -0.3 is 9.67 Å². The minimum Gasteiger partial charge on any atom is -0.388 e. The maximum absolute atomic E-state index is 10.4. The molecule has 3 atom stereocenters. The first-order valence-electron chi connectivity index (χ1n) is 8.32. The van der Waals surface area contributed by atoms with Crippen LogP contribution >= 0.6 is 0 Å². The van der Waals surface area contributed by atoms with Crippen LogP contribution in [0.4, 0.5) is 0 Å². The van der Waals surface area contributed by atoms with E-state index in [9.17, 15) is 5.11 Å². The molecule has 20 heavy (non-hydrogen) atoms. The molecule has 0 spiro atoms. The fraction of sp³-hybridized carbons (Fsp3) is 0.778. The van der Waals surface area contributed by atoms with Crippen LogP contribution in [0.25, 0.3) is 0 Å². The number of fused-ring (bicyclic) bond motifs is 1. The van der Waals surface area contributed by atoms with Gasteiger partial charge in [0.05, 0.1) is 6.10 Å². The summed E-state index contributed by atoms with van der Waals surface area (Å²) < 4.78 is 2.45. The summed E-state index contributed by atoms with van der Waals surface area (Å²) in [6.45, 7) is 8.12. The molecule has 1 heterocycles. The molecule has 0 radical (unpaired) electrons. The summed E-state index contributed by atoms with van der Waals surface area (Å²) in [5.74, 6) is 1.67. The van der Waals surface area contributed by atoms with E-state index < -0.39 is 0 Å². The van der Waals surface area contributed by atoms with Crippen molar-refractivity contribution in [2.24, 2.45) is 17.3 Å². The molecule has 1 aromatic rings. The zero-order chi connectivity index (χ0) is 14.3. The van der Waals surface area contributed by atoms with Crippen LogP contribution in [0.3, 0.4) is 0 Å². The van der Waals surface area contributed by atoms with E-state index in [0.717, 1.165) is 31.2 Å². The summed E-state index contributed by atoms with van der Waals surface area (Å²) in [6.07, 6.45) is 9.52. The van der Waals surface area contributed by atoms with Crippen LogP contribution < -0.4 is 0 Å². The Morgan fingerprint density at radius 2 is 2.05 bits per heavy atom. The molecule has 1 fully saturated rings. The largest absolute Gasteiger partial charge is 0.388 e. The lowest BCUT2D eigenvalue weighted by Crippen LogP contribution is -2.28. The molecular formula is C18H29NO. The van der Waals surface area contributed by atoms with Crippen molar-refractivity contribution in [1.82, 2.24) is 4.57 Å². The lowest BCUT2D eigenvalue weighted by molar-refractivity contribution is 0.0971. The van der Waals surface area contributed by atoms with Gasteiger partial charge in [-0.15, -0.1) is 0 Å². The topological polar surface area (TPSA) is 25.2 Å². The molecular weight excluding hydrogens is 246 g/mol. The molecule has 2 aliphatic rings. The molecule has 2 heteroatoms. The summed E-state index contributed by atoms with van der Waals surface area (Å²) in [5, 5.41) is 10.4. The highest BCUT2D eigenvalue weighted by molar-refractivity contribution is 5.29. The zero-order valence-corrected chi connectivity index (χ0v) is 13.2. The van der Waals surface area contributed by atoms with Crippen molar-refractivity contribution >= 4 is 0 Å². The average Bonchev–Trinajstić information content (AvgIpc) is 2.74. The highest BCUT2D eigenvalue weighted by atomic mass is 16.3. The van der Waals surface area contributed by atoms with Gasteiger partial charge in [0, 0.05) is 24.0 Å². The van der Waals surface area contributed by atoms with Crippen LogP contribution in [-0.4, -0.2) is 9.67 Å². The van der Waals surface area contributed by atoms with Crippen molar-refractivity contribution in [2.45, 2.75) is 71.9 Å². The van der Waals surface area contributed by atoms with Gasteiger partial charge in [-0.3, -0.25) is 0 Å². The fourth-order valence-corrected chi connectivity index (χ4v) is 4.28. The Morgan fingerprint density at radius 3 is 2.80 bits per heavy atom. The van der Waals surface area contributed by atoms with E-state index in [0.29, 0.717) is 0 Å². The average molecular weight is 275 g/mol. The summed E-state index contributed by atoms with van der Waals surface area (Å²) in [7, 11) is 0. The van der Waals surface area contributed by atoms with E-state index in [-0.39, 0.29) is 11.5 Å². The molecule has 0 bridgehead atoms. The number of nitrogens with zero attached hydrogens (tertiary/aromatic N) is 1. The third-order valence-corrected chi connectivity index (χ3v) is 5.59. The standard InChI is InChI=1S/C18H29NO/c1-13-6-4-5-7-14(13)12-19-9-8-15-16(19)10-18(2,3)11-17(15)20/h8-9,13-14,17,20H,4-7,10-12H2,1-3H3. The molecule has 3 rings (SSSR count). The van der Waals surface area contributed by atoms with Crippen molar-refractivity contribution in [3.8, 4) is 0 Å². The predicted molar refractivity (Wildman–Crippen MR) is 82.6 cm³/mol. The summed E-state index contributed by atoms with van der Waals surface area (Å²) >= 11 is 0. The van der Waals surface area contributed by atoms with Crippen molar-refractivity contribution in [2.75, 3.05) is 0 Å². The molecule has 0 amide bonds. The monoisotopic (exact) mass is 275 g/mol. The molecule has 1 aromatic heterocycles. The van der Waals surface area contributed by atoms with Gasteiger partial charge in [0.25, 0.3) is 0 Å². The summed E-state index contributed by atoms with van der Waals surface area (Å²) in [5.41, 5.74) is 2.81.